The molecule has 3 aromatic rings. The van der Waals surface area contributed by atoms with Crippen molar-refractivity contribution in [2.45, 2.75) is 0 Å². The molecule has 0 saturated carbocycles. The lowest BCUT2D eigenvalue weighted by molar-refractivity contribution is 0.102. The average Bonchev–Trinajstić information content (AvgIpc) is 3.03. The zero-order valence-electron chi connectivity index (χ0n) is 9.58. The number of carbonyl (C=O) groups is 1. The van der Waals surface area contributed by atoms with Gasteiger partial charge >= 0.3 is 0 Å². The summed E-state index contributed by atoms with van der Waals surface area (Å²) in [5.74, 6) is -0.278. The highest BCUT2D eigenvalue weighted by atomic mass is 32.1. The zero-order valence-corrected chi connectivity index (χ0v) is 11.2. The number of amides is 1. The second-order valence-electron chi connectivity index (χ2n) is 3.72. The van der Waals surface area contributed by atoms with Gasteiger partial charge in [0.1, 0.15) is 11.1 Å². The monoisotopic (exact) mass is 285 g/mol. The minimum atomic E-state index is -0.278. The number of anilines is 1. The van der Waals surface area contributed by atoms with Crippen molar-refractivity contribution < 1.29 is 4.79 Å². The van der Waals surface area contributed by atoms with Crippen molar-refractivity contribution >= 4 is 43.8 Å². The van der Waals surface area contributed by atoms with Crippen molar-refractivity contribution in [1.82, 2.24) is 4.98 Å². The lowest BCUT2D eigenvalue weighted by Gasteiger charge is -1.98. The van der Waals surface area contributed by atoms with E-state index in [4.69, 9.17) is 5.26 Å². The van der Waals surface area contributed by atoms with E-state index in [9.17, 15) is 4.79 Å². The predicted molar refractivity (Wildman–Crippen MR) is 76.6 cm³/mol. The SMILES string of the molecule is N#Cc1ccsc1NC(=O)c1nc2ccccc2s1. The summed E-state index contributed by atoms with van der Waals surface area (Å²) >= 11 is 2.67. The van der Waals surface area contributed by atoms with Crippen LogP contribution in [0.15, 0.2) is 35.7 Å². The zero-order chi connectivity index (χ0) is 13.2. The number of nitrogens with zero attached hydrogens (tertiary/aromatic N) is 2. The van der Waals surface area contributed by atoms with Crippen molar-refractivity contribution in [3.8, 4) is 6.07 Å². The third kappa shape index (κ3) is 2.21. The number of nitriles is 1. The van der Waals surface area contributed by atoms with E-state index in [1.54, 1.807) is 11.4 Å². The van der Waals surface area contributed by atoms with Crippen LogP contribution in [-0.2, 0) is 0 Å². The predicted octanol–water partition coefficient (Wildman–Crippen LogP) is 3.48. The molecule has 6 heteroatoms. The van der Waals surface area contributed by atoms with E-state index in [-0.39, 0.29) is 5.91 Å². The molecule has 0 aliphatic carbocycles. The Hall–Kier alpha value is -2.23. The van der Waals surface area contributed by atoms with Crippen LogP contribution in [0.1, 0.15) is 15.4 Å². The normalized spacial score (nSPS) is 10.3. The molecule has 0 unspecified atom stereocenters. The summed E-state index contributed by atoms with van der Waals surface area (Å²) in [6.07, 6.45) is 0. The summed E-state index contributed by atoms with van der Waals surface area (Å²) in [5, 5.41) is 14.4. The van der Waals surface area contributed by atoms with Crippen LogP contribution in [0.25, 0.3) is 10.2 Å². The number of hydrogen-bond acceptors (Lipinski definition) is 5. The molecule has 0 radical (unpaired) electrons. The summed E-state index contributed by atoms with van der Waals surface area (Å²) in [6, 6.07) is 11.3. The molecule has 2 aromatic heterocycles. The minimum absolute atomic E-state index is 0.278. The number of carbonyl (C=O) groups excluding carboxylic acids is 1. The summed E-state index contributed by atoms with van der Waals surface area (Å²) in [4.78, 5) is 16.4. The first-order valence-electron chi connectivity index (χ1n) is 5.42. The number of benzene rings is 1. The molecule has 0 fully saturated rings. The van der Waals surface area contributed by atoms with Gasteiger partial charge in [-0.05, 0) is 23.6 Å². The Morgan fingerprint density at radius 2 is 2.16 bits per heavy atom. The fraction of sp³-hybridized carbons (Fsp3) is 0. The van der Waals surface area contributed by atoms with Gasteiger partial charge in [-0.1, -0.05) is 12.1 Å². The third-order valence-electron chi connectivity index (χ3n) is 2.50. The molecular weight excluding hydrogens is 278 g/mol. The fourth-order valence-electron chi connectivity index (χ4n) is 1.62. The smallest absolute Gasteiger partial charge is 0.285 e. The van der Waals surface area contributed by atoms with E-state index >= 15 is 0 Å². The summed E-state index contributed by atoms with van der Waals surface area (Å²) in [5.41, 5.74) is 1.28. The summed E-state index contributed by atoms with van der Waals surface area (Å²) in [7, 11) is 0. The maximum absolute atomic E-state index is 12.1. The molecule has 0 atom stereocenters. The van der Waals surface area contributed by atoms with Gasteiger partial charge in [-0.25, -0.2) is 4.98 Å². The van der Waals surface area contributed by atoms with Crippen LogP contribution in [0.2, 0.25) is 0 Å². The Balaban J connectivity index is 1.90. The Morgan fingerprint density at radius 3 is 2.95 bits per heavy atom. The number of thiophene rings is 1. The van der Waals surface area contributed by atoms with E-state index in [1.165, 1.54) is 22.7 Å². The topological polar surface area (TPSA) is 65.8 Å². The molecule has 4 nitrogen and oxygen atoms in total. The Labute approximate surface area is 117 Å². The molecular formula is C13H7N3OS2. The van der Waals surface area contributed by atoms with Crippen LogP contribution in [-0.4, -0.2) is 10.9 Å². The highest BCUT2D eigenvalue weighted by molar-refractivity contribution is 7.20. The molecule has 0 spiro atoms. The Bertz CT molecular complexity index is 764. The molecule has 1 amide bonds. The van der Waals surface area contributed by atoms with Crippen LogP contribution in [0.3, 0.4) is 0 Å². The van der Waals surface area contributed by atoms with Gasteiger partial charge in [0, 0.05) is 0 Å². The Morgan fingerprint density at radius 1 is 1.32 bits per heavy atom. The van der Waals surface area contributed by atoms with Gasteiger partial charge in [0.25, 0.3) is 5.91 Å². The molecule has 92 valence electrons. The molecule has 0 saturated heterocycles. The third-order valence-corrected chi connectivity index (χ3v) is 4.37. The van der Waals surface area contributed by atoms with Gasteiger partial charge in [0.05, 0.1) is 15.8 Å². The lowest BCUT2D eigenvalue weighted by Crippen LogP contribution is -2.11. The van der Waals surface area contributed by atoms with Crippen molar-refractivity contribution in [2.24, 2.45) is 0 Å². The van der Waals surface area contributed by atoms with E-state index < -0.39 is 0 Å². The van der Waals surface area contributed by atoms with Crippen LogP contribution < -0.4 is 5.32 Å². The van der Waals surface area contributed by atoms with Crippen molar-refractivity contribution in [3.63, 3.8) is 0 Å². The standard InChI is InChI=1S/C13H7N3OS2/c14-7-8-5-6-18-12(8)16-11(17)13-15-9-3-1-2-4-10(9)19-13/h1-6H,(H,16,17). The molecule has 1 N–H and O–H groups in total. The Kier molecular flexibility index (Phi) is 2.99. The molecule has 3 rings (SSSR count). The van der Waals surface area contributed by atoms with Crippen LogP contribution >= 0.6 is 22.7 Å². The molecule has 0 aliphatic heterocycles. The number of fused-ring (bicyclic) bond motifs is 1. The number of hydrogen-bond donors (Lipinski definition) is 1. The van der Waals surface area contributed by atoms with Gasteiger partial charge in [0.2, 0.25) is 0 Å². The number of nitrogens with one attached hydrogen (secondary N) is 1. The molecule has 1 aromatic carbocycles. The number of rotatable bonds is 2. The van der Waals surface area contributed by atoms with Crippen LogP contribution in [0.5, 0.6) is 0 Å². The van der Waals surface area contributed by atoms with E-state index in [1.807, 2.05) is 30.3 Å². The van der Waals surface area contributed by atoms with E-state index in [2.05, 4.69) is 10.3 Å². The maximum atomic E-state index is 12.1. The second-order valence-corrected chi connectivity index (χ2v) is 5.66. The molecule has 2 heterocycles. The maximum Gasteiger partial charge on any atom is 0.285 e. The van der Waals surface area contributed by atoms with Crippen LogP contribution in [0, 0.1) is 11.3 Å². The van der Waals surface area contributed by atoms with Gasteiger partial charge in [-0.3, -0.25) is 4.79 Å². The average molecular weight is 285 g/mol. The quantitative estimate of drug-likeness (QED) is 0.784. The van der Waals surface area contributed by atoms with E-state index in [0.29, 0.717) is 15.6 Å². The largest absolute Gasteiger partial charge is 0.310 e. The minimum Gasteiger partial charge on any atom is -0.310 e. The van der Waals surface area contributed by atoms with E-state index in [0.717, 1.165) is 10.2 Å². The van der Waals surface area contributed by atoms with Gasteiger partial charge in [-0.2, -0.15) is 5.26 Å². The first-order valence-corrected chi connectivity index (χ1v) is 7.12. The second kappa shape index (κ2) is 4.80. The summed E-state index contributed by atoms with van der Waals surface area (Å²) < 4.78 is 0.972. The molecule has 0 bridgehead atoms. The van der Waals surface area contributed by atoms with Crippen molar-refractivity contribution in [3.05, 3.63) is 46.3 Å². The van der Waals surface area contributed by atoms with Crippen molar-refractivity contribution in [1.29, 1.82) is 5.26 Å². The van der Waals surface area contributed by atoms with Crippen molar-refractivity contribution in [2.75, 3.05) is 5.32 Å². The molecule has 0 aliphatic rings. The van der Waals surface area contributed by atoms with Gasteiger partial charge in [-0.15, -0.1) is 22.7 Å². The number of para-hydroxylation sites is 1. The lowest BCUT2D eigenvalue weighted by atomic mass is 10.3. The first-order chi connectivity index (χ1) is 9.28. The number of aromatic nitrogens is 1. The highest BCUT2D eigenvalue weighted by Crippen LogP contribution is 2.25. The first kappa shape index (κ1) is 11.8. The van der Waals surface area contributed by atoms with Gasteiger partial charge in [0.15, 0.2) is 5.01 Å². The summed E-state index contributed by atoms with van der Waals surface area (Å²) in [6.45, 7) is 0. The number of thiazole rings is 1. The highest BCUT2D eigenvalue weighted by Gasteiger charge is 2.14. The van der Waals surface area contributed by atoms with Crippen LogP contribution in [0.4, 0.5) is 5.00 Å². The molecule has 19 heavy (non-hydrogen) atoms. The fourth-order valence-corrected chi connectivity index (χ4v) is 3.21. The van der Waals surface area contributed by atoms with Gasteiger partial charge < -0.3 is 5.32 Å².